The van der Waals surface area contributed by atoms with Crippen molar-refractivity contribution >= 4 is 28.6 Å². The van der Waals surface area contributed by atoms with Crippen LogP contribution in [0.15, 0.2) is 36.4 Å². The molecule has 2 aliphatic rings. The van der Waals surface area contributed by atoms with E-state index in [0.717, 1.165) is 34.7 Å². The van der Waals surface area contributed by atoms with Crippen LogP contribution in [0.25, 0.3) is 22.3 Å². The first-order valence-electron chi connectivity index (χ1n) is 12.2. The molecule has 3 aromatic rings. The fourth-order valence-corrected chi connectivity index (χ4v) is 4.91. The number of carboxylic acid groups (broad SMARTS) is 1. The number of anilines is 2. The molecule has 2 N–H and O–H groups in total. The molecule has 1 atom stereocenters. The number of aliphatic hydroxyl groups excluding tert-OH is 1. The average Bonchev–Trinajstić information content (AvgIpc) is 2.92. The van der Waals surface area contributed by atoms with Crippen molar-refractivity contribution in [3.05, 3.63) is 42.0 Å². The summed E-state index contributed by atoms with van der Waals surface area (Å²) in [5, 5.41) is 20.0. The molecule has 0 radical (unpaired) electrons. The fourth-order valence-electron chi connectivity index (χ4n) is 4.91. The molecular weight excluding hydrogens is 462 g/mol. The van der Waals surface area contributed by atoms with Crippen molar-refractivity contribution in [1.82, 2.24) is 14.9 Å². The monoisotopic (exact) mass is 493 g/mol. The van der Waals surface area contributed by atoms with Crippen molar-refractivity contribution in [2.24, 2.45) is 0 Å². The summed E-state index contributed by atoms with van der Waals surface area (Å²) >= 11 is 0. The van der Waals surface area contributed by atoms with Crippen LogP contribution in [0.3, 0.4) is 0 Å². The number of pyridine rings is 2. The van der Waals surface area contributed by atoms with Crippen LogP contribution in [0.1, 0.15) is 12.5 Å². The van der Waals surface area contributed by atoms with E-state index in [1.165, 1.54) is 4.90 Å². The predicted molar refractivity (Wildman–Crippen MR) is 137 cm³/mol. The maximum absolute atomic E-state index is 11.4. The minimum Gasteiger partial charge on any atom is -0.496 e. The third-order valence-electron chi connectivity index (χ3n) is 6.94. The minimum absolute atomic E-state index is 0.131. The van der Waals surface area contributed by atoms with Crippen LogP contribution in [0.2, 0.25) is 0 Å². The summed E-state index contributed by atoms with van der Waals surface area (Å²) in [6.45, 7) is 6.10. The molecule has 2 saturated heterocycles. The number of piperazine rings is 1. The van der Waals surface area contributed by atoms with Crippen molar-refractivity contribution in [2.45, 2.75) is 19.6 Å². The largest absolute Gasteiger partial charge is 0.496 e. The average molecular weight is 494 g/mol. The molecule has 2 fully saturated rings. The van der Waals surface area contributed by atoms with Gasteiger partial charge in [-0.15, -0.1) is 0 Å². The van der Waals surface area contributed by atoms with Gasteiger partial charge in [-0.25, -0.2) is 14.8 Å². The van der Waals surface area contributed by atoms with Gasteiger partial charge in [0.25, 0.3) is 0 Å². The van der Waals surface area contributed by atoms with Gasteiger partial charge in [0, 0.05) is 61.3 Å². The van der Waals surface area contributed by atoms with Crippen LogP contribution in [0, 0.1) is 0 Å². The molecule has 0 saturated carbocycles. The van der Waals surface area contributed by atoms with E-state index in [1.54, 1.807) is 7.11 Å². The second kappa shape index (κ2) is 10.2. The molecule has 0 spiro atoms. The van der Waals surface area contributed by atoms with Crippen LogP contribution in [-0.4, -0.2) is 90.3 Å². The molecule has 36 heavy (non-hydrogen) atoms. The van der Waals surface area contributed by atoms with Gasteiger partial charge in [-0.2, -0.15) is 0 Å². The molecule has 10 nitrogen and oxygen atoms in total. The SMILES string of the molecule is COc1ccc(-c2ccc3c(N4CCOCC4C)cc(N4CCN(C(=O)O)CC4)nc3n2)cc1CO. The van der Waals surface area contributed by atoms with Gasteiger partial charge >= 0.3 is 6.09 Å². The van der Waals surface area contributed by atoms with Crippen molar-refractivity contribution in [3.8, 4) is 17.0 Å². The summed E-state index contributed by atoms with van der Waals surface area (Å²) < 4.78 is 11.0. The number of carbonyl (C=O) groups is 1. The van der Waals surface area contributed by atoms with E-state index in [4.69, 9.17) is 19.4 Å². The van der Waals surface area contributed by atoms with E-state index in [0.29, 0.717) is 56.4 Å². The predicted octanol–water partition coefficient (Wildman–Crippen LogP) is 2.82. The van der Waals surface area contributed by atoms with Crippen LogP contribution in [-0.2, 0) is 11.3 Å². The topological polar surface area (TPSA) is 111 Å². The second-order valence-corrected chi connectivity index (χ2v) is 9.13. The first kappa shape index (κ1) is 24.1. The highest BCUT2D eigenvalue weighted by Gasteiger charge is 2.26. The van der Waals surface area contributed by atoms with Crippen LogP contribution >= 0.6 is 0 Å². The van der Waals surface area contributed by atoms with Crippen LogP contribution in [0.4, 0.5) is 16.3 Å². The Morgan fingerprint density at radius 1 is 1.11 bits per heavy atom. The summed E-state index contributed by atoms with van der Waals surface area (Å²) in [5.74, 6) is 1.42. The summed E-state index contributed by atoms with van der Waals surface area (Å²) in [5.41, 5.74) is 3.99. The quantitative estimate of drug-likeness (QED) is 0.554. The van der Waals surface area contributed by atoms with E-state index in [-0.39, 0.29) is 12.6 Å². The molecule has 1 unspecified atom stereocenters. The zero-order valence-electron chi connectivity index (χ0n) is 20.6. The normalized spacial score (nSPS) is 18.5. The summed E-state index contributed by atoms with van der Waals surface area (Å²) in [7, 11) is 1.58. The Bertz CT molecular complexity index is 1260. The fraction of sp³-hybridized carbons (Fsp3) is 0.423. The van der Waals surface area contributed by atoms with Crippen molar-refractivity contribution < 1.29 is 24.5 Å². The lowest BCUT2D eigenvalue weighted by Gasteiger charge is -2.37. The van der Waals surface area contributed by atoms with Gasteiger partial charge in [-0.1, -0.05) is 0 Å². The number of fused-ring (bicyclic) bond motifs is 1. The zero-order chi connectivity index (χ0) is 25.2. The van der Waals surface area contributed by atoms with E-state index >= 15 is 0 Å². The van der Waals surface area contributed by atoms with Gasteiger partial charge in [0.15, 0.2) is 5.65 Å². The first-order valence-corrected chi connectivity index (χ1v) is 12.2. The number of ether oxygens (including phenoxy) is 2. The number of amides is 1. The molecule has 1 aromatic carbocycles. The number of morpholine rings is 1. The highest BCUT2D eigenvalue weighted by molar-refractivity contribution is 5.93. The van der Waals surface area contributed by atoms with Crippen molar-refractivity contribution in [2.75, 3.05) is 62.8 Å². The standard InChI is InChI=1S/C26H31N5O5/c1-17-16-36-12-11-31(17)22-14-24(29-7-9-30(10-8-29)26(33)34)28-25-20(22)4-5-21(27-25)18-3-6-23(35-2)19(13-18)15-32/h3-6,13-14,17,32H,7-12,15-16H2,1-2H3,(H,33,34). The van der Waals surface area contributed by atoms with E-state index in [9.17, 15) is 15.0 Å². The molecule has 10 heteroatoms. The molecule has 4 heterocycles. The minimum atomic E-state index is -0.892. The number of rotatable bonds is 5. The molecule has 0 bridgehead atoms. The Labute approximate surface area is 209 Å². The molecule has 2 aliphatic heterocycles. The third-order valence-corrected chi connectivity index (χ3v) is 6.94. The Kier molecular flexibility index (Phi) is 6.80. The van der Waals surface area contributed by atoms with Gasteiger partial charge in [0.2, 0.25) is 0 Å². The number of nitrogens with zero attached hydrogens (tertiary/aromatic N) is 5. The van der Waals surface area contributed by atoms with Gasteiger partial charge < -0.3 is 34.4 Å². The van der Waals surface area contributed by atoms with E-state index < -0.39 is 6.09 Å². The summed E-state index contributed by atoms with van der Waals surface area (Å²) in [6, 6.07) is 12.0. The Morgan fingerprint density at radius 2 is 1.92 bits per heavy atom. The van der Waals surface area contributed by atoms with E-state index in [1.807, 2.05) is 24.3 Å². The van der Waals surface area contributed by atoms with Crippen LogP contribution < -0.4 is 14.5 Å². The smallest absolute Gasteiger partial charge is 0.407 e. The number of hydrogen-bond acceptors (Lipinski definition) is 8. The number of aliphatic hydroxyl groups is 1. The van der Waals surface area contributed by atoms with Crippen molar-refractivity contribution in [1.29, 1.82) is 0 Å². The highest BCUT2D eigenvalue weighted by Crippen LogP contribution is 2.34. The Balaban J connectivity index is 1.58. The van der Waals surface area contributed by atoms with Gasteiger partial charge in [-0.3, -0.25) is 0 Å². The van der Waals surface area contributed by atoms with E-state index in [2.05, 4.69) is 28.9 Å². The maximum Gasteiger partial charge on any atom is 0.407 e. The number of aromatic nitrogens is 2. The number of hydrogen-bond donors (Lipinski definition) is 2. The second-order valence-electron chi connectivity index (χ2n) is 9.13. The van der Waals surface area contributed by atoms with Crippen molar-refractivity contribution in [3.63, 3.8) is 0 Å². The van der Waals surface area contributed by atoms with Gasteiger partial charge in [-0.05, 0) is 37.3 Å². The molecule has 5 rings (SSSR count). The molecule has 1 amide bonds. The van der Waals surface area contributed by atoms with Crippen LogP contribution in [0.5, 0.6) is 5.75 Å². The third kappa shape index (κ3) is 4.61. The number of benzene rings is 1. The molecule has 0 aliphatic carbocycles. The zero-order valence-corrected chi connectivity index (χ0v) is 20.6. The first-order chi connectivity index (χ1) is 17.5. The lowest BCUT2D eigenvalue weighted by atomic mass is 10.1. The Hall–Kier alpha value is -3.63. The summed E-state index contributed by atoms with van der Waals surface area (Å²) in [4.78, 5) is 27.1. The lowest BCUT2D eigenvalue weighted by Crippen LogP contribution is -2.48. The van der Waals surface area contributed by atoms with Gasteiger partial charge in [0.05, 0.1) is 38.3 Å². The Morgan fingerprint density at radius 3 is 2.61 bits per heavy atom. The van der Waals surface area contributed by atoms with Gasteiger partial charge in [0.1, 0.15) is 11.6 Å². The lowest BCUT2D eigenvalue weighted by molar-refractivity contribution is 0.0991. The molecule has 2 aromatic heterocycles. The highest BCUT2D eigenvalue weighted by atomic mass is 16.5. The maximum atomic E-state index is 11.4. The molecular formula is C26H31N5O5. The molecule has 190 valence electrons. The number of methoxy groups -OCH3 is 1. The summed E-state index contributed by atoms with van der Waals surface area (Å²) in [6.07, 6.45) is -0.892.